The highest BCUT2D eigenvalue weighted by molar-refractivity contribution is 5.89. The Morgan fingerprint density at radius 1 is 1.03 bits per heavy atom. The Morgan fingerprint density at radius 2 is 1.82 bits per heavy atom. The number of benzene rings is 2. The minimum absolute atomic E-state index is 0.189. The second-order valence-corrected chi connectivity index (χ2v) is 7.47. The van der Waals surface area contributed by atoms with Gasteiger partial charge in [0.05, 0.1) is 11.8 Å². The van der Waals surface area contributed by atoms with Crippen LogP contribution in [0.4, 0.5) is 17.8 Å². The fraction of sp³-hybridized carbons (Fsp3) is 0.125. The van der Waals surface area contributed by atoms with E-state index in [1.54, 1.807) is 35.2 Å². The predicted octanol–water partition coefficient (Wildman–Crippen LogP) is 3.95. The zero-order valence-corrected chi connectivity index (χ0v) is 18.6. The van der Waals surface area contributed by atoms with Gasteiger partial charge >= 0.3 is 5.97 Å². The van der Waals surface area contributed by atoms with Crippen molar-refractivity contribution >= 4 is 30.0 Å². The lowest BCUT2D eigenvalue weighted by Crippen LogP contribution is -2.16. The van der Waals surface area contributed by atoms with Crippen LogP contribution < -0.4 is 15.6 Å². The van der Waals surface area contributed by atoms with Gasteiger partial charge in [-0.05, 0) is 29.8 Å². The number of rotatable bonds is 9. The van der Waals surface area contributed by atoms with E-state index in [-0.39, 0.29) is 11.5 Å². The van der Waals surface area contributed by atoms with Crippen molar-refractivity contribution in [2.75, 3.05) is 29.7 Å². The van der Waals surface area contributed by atoms with E-state index in [0.717, 1.165) is 5.56 Å². The maximum atomic E-state index is 11.2. The number of aromatic carboxylic acids is 1. The van der Waals surface area contributed by atoms with Gasteiger partial charge in [0.15, 0.2) is 0 Å². The molecule has 34 heavy (non-hydrogen) atoms. The Balaban J connectivity index is 1.45. The molecule has 0 amide bonds. The highest BCUT2D eigenvalue weighted by atomic mass is 16.4. The van der Waals surface area contributed by atoms with Gasteiger partial charge in [-0.3, -0.25) is 0 Å². The van der Waals surface area contributed by atoms with Gasteiger partial charge < -0.3 is 19.7 Å². The van der Waals surface area contributed by atoms with E-state index in [1.807, 2.05) is 44.4 Å². The van der Waals surface area contributed by atoms with Crippen LogP contribution in [0.5, 0.6) is 0 Å². The summed E-state index contributed by atoms with van der Waals surface area (Å²) in [7, 11) is 3.68. The van der Waals surface area contributed by atoms with Crippen LogP contribution in [0.15, 0.2) is 76.2 Å². The molecule has 4 rings (SSSR count). The minimum Gasteiger partial charge on any atom is -0.478 e. The lowest BCUT2D eigenvalue weighted by molar-refractivity contribution is 0.0697. The van der Waals surface area contributed by atoms with Crippen molar-refractivity contribution < 1.29 is 14.3 Å². The van der Waals surface area contributed by atoms with Crippen molar-refractivity contribution in [3.8, 4) is 11.3 Å². The average molecular weight is 457 g/mol. The molecule has 172 valence electrons. The maximum Gasteiger partial charge on any atom is 0.335 e. The fourth-order valence-electron chi connectivity index (χ4n) is 3.01. The van der Waals surface area contributed by atoms with Gasteiger partial charge in [0, 0.05) is 26.2 Å². The number of nitrogens with zero attached hydrogens (tertiary/aromatic N) is 5. The molecule has 0 saturated heterocycles. The molecule has 2 aromatic carbocycles. The van der Waals surface area contributed by atoms with Crippen LogP contribution in [0.2, 0.25) is 0 Å². The van der Waals surface area contributed by atoms with E-state index in [4.69, 9.17) is 9.52 Å². The number of hydrazone groups is 1. The molecule has 0 bridgehead atoms. The first kappa shape index (κ1) is 22.5. The highest BCUT2D eigenvalue weighted by Gasteiger charge is 2.09. The zero-order chi connectivity index (χ0) is 23.9. The molecule has 0 aliphatic heterocycles. The summed E-state index contributed by atoms with van der Waals surface area (Å²) in [6.45, 7) is 0.568. The van der Waals surface area contributed by atoms with Crippen LogP contribution in [0.25, 0.3) is 11.3 Å². The fourth-order valence-corrected chi connectivity index (χ4v) is 3.01. The number of carboxylic acids is 1. The lowest BCUT2D eigenvalue weighted by atomic mass is 10.1. The molecule has 10 heteroatoms. The molecule has 0 spiro atoms. The highest BCUT2D eigenvalue weighted by Crippen LogP contribution is 2.22. The Hall–Kier alpha value is -4.73. The number of nitrogens with one attached hydrogen (secondary N) is 2. The first-order chi connectivity index (χ1) is 16.5. The maximum absolute atomic E-state index is 11.2. The van der Waals surface area contributed by atoms with Crippen LogP contribution in [0, 0.1) is 0 Å². The van der Waals surface area contributed by atoms with Crippen LogP contribution in [0.3, 0.4) is 0 Å². The van der Waals surface area contributed by atoms with Gasteiger partial charge in [-0.2, -0.15) is 20.1 Å². The van der Waals surface area contributed by atoms with Crippen molar-refractivity contribution in [2.45, 2.75) is 6.54 Å². The van der Waals surface area contributed by atoms with Crippen LogP contribution in [-0.4, -0.2) is 46.3 Å². The summed E-state index contributed by atoms with van der Waals surface area (Å²) >= 11 is 0. The largest absolute Gasteiger partial charge is 0.478 e. The number of hydrogen-bond donors (Lipinski definition) is 3. The molecule has 0 atom stereocenters. The molecule has 0 radical (unpaired) electrons. The van der Waals surface area contributed by atoms with Crippen molar-refractivity contribution in [1.82, 2.24) is 15.0 Å². The molecule has 2 heterocycles. The van der Waals surface area contributed by atoms with Crippen molar-refractivity contribution in [3.05, 3.63) is 83.6 Å². The average Bonchev–Trinajstić information content (AvgIpc) is 3.32. The summed E-state index contributed by atoms with van der Waals surface area (Å²) < 4.78 is 5.76. The van der Waals surface area contributed by atoms with Crippen LogP contribution in [0.1, 0.15) is 21.7 Å². The first-order valence-corrected chi connectivity index (χ1v) is 10.4. The summed E-state index contributed by atoms with van der Waals surface area (Å²) in [4.78, 5) is 26.1. The molecule has 0 unspecified atom stereocenters. The molecule has 0 aliphatic rings. The molecule has 2 aromatic heterocycles. The van der Waals surface area contributed by atoms with Crippen molar-refractivity contribution in [3.63, 3.8) is 0 Å². The van der Waals surface area contributed by atoms with E-state index in [9.17, 15) is 4.79 Å². The van der Waals surface area contributed by atoms with Gasteiger partial charge in [0.1, 0.15) is 11.5 Å². The second-order valence-electron chi connectivity index (χ2n) is 7.47. The Labute approximate surface area is 196 Å². The number of aromatic nitrogens is 3. The molecular formula is C24H23N7O3. The Morgan fingerprint density at radius 3 is 2.59 bits per heavy atom. The number of carbonyl (C=O) groups is 1. The van der Waals surface area contributed by atoms with Crippen LogP contribution in [-0.2, 0) is 6.54 Å². The zero-order valence-electron chi connectivity index (χ0n) is 18.6. The smallest absolute Gasteiger partial charge is 0.335 e. The number of anilines is 3. The quantitative estimate of drug-likeness (QED) is 0.253. The third-order valence-corrected chi connectivity index (χ3v) is 4.69. The first-order valence-electron chi connectivity index (χ1n) is 10.4. The van der Waals surface area contributed by atoms with Gasteiger partial charge in [0.2, 0.25) is 17.8 Å². The van der Waals surface area contributed by atoms with Crippen molar-refractivity contribution in [2.24, 2.45) is 5.10 Å². The third kappa shape index (κ3) is 5.74. The van der Waals surface area contributed by atoms with Gasteiger partial charge in [-0.25, -0.2) is 10.2 Å². The Kier molecular flexibility index (Phi) is 6.78. The predicted molar refractivity (Wildman–Crippen MR) is 130 cm³/mol. The molecule has 10 nitrogen and oxygen atoms in total. The number of carboxylic acid groups (broad SMARTS) is 1. The van der Waals surface area contributed by atoms with Crippen molar-refractivity contribution in [1.29, 1.82) is 0 Å². The van der Waals surface area contributed by atoms with Gasteiger partial charge in [0.25, 0.3) is 0 Å². The molecule has 0 saturated carbocycles. The van der Waals surface area contributed by atoms with E-state index in [2.05, 4.69) is 30.8 Å². The summed E-state index contributed by atoms with van der Waals surface area (Å²) in [5, 5.41) is 16.5. The van der Waals surface area contributed by atoms with Gasteiger partial charge in [-0.1, -0.05) is 42.5 Å². The monoisotopic (exact) mass is 457 g/mol. The SMILES string of the molecule is CN(C)c1nc(NCc2ccccc2)nc(NN=Cc2ccc(-c3cccc(C(=O)O)c3)o2)n1. The standard InChI is InChI=1S/C24H23N7O3/c1-31(2)24-28-22(25-14-16-7-4-3-5-8-16)27-23(29-24)30-26-15-19-11-12-20(34-19)17-9-6-10-18(13-17)21(32)33/h3-13,15H,14H2,1-2H3,(H,32,33)(H2,25,27,28,29,30). The summed E-state index contributed by atoms with van der Waals surface area (Å²) in [5.41, 5.74) is 4.75. The molecule has 0 fully saturated rings. The summed E-state index contributed by atoms with van der Waals surface area (Å²) in [6.07, 6.45) is 1.49. The Bertz CT molecular complexity index is 1300. The number of hydrogen-bond acceptors (Lipinski definition) is 9. The topological polar surface area (TPSA) is 129 Å². The molecule has 4 aromatic rings. The summed E-state index contributed by atoms with van der Waals surface area (Å²) in [6, 6.07) is 20.0. The summed E-state index contributed by atoms with van der Waals surface area (Å²) in [5.74, 6) is 1.18. The second kappa shape index (κ2) is 10.3. The van der Waals surface area contributed by atoms with E-state index in [1.165, 1.54) is 12.3 Å². The third-order valence-electron chi connectivity index (χ3n) is 4.69. The molecular weight excluding hydrogens is 434 g/mol. The molecule has 3 N–H and O–H groups in total. The van der Waals surface area contributed by atoms with E-state index in [0.29, 0.717) is 35.5 Å². The lowest BCUT2D eigenvalue weighted by Gasteiger charge is -2.13. The normalized spacial score (nSPS) is 10.9. The van der Waals surface area contributed by atoms with Crippen LogP contribution >= 0.6 is 0 Å². The van der Waals surface area contributed by atoms with Gasteiger partial charge in [-0.15, -0.1) is 0 Å². The van der Waals surface area contributed by atoms with E-state index < -0.39 is 5.97 Å². The number of furan rings is 1. The minimum atomic E-state index is -0.994. The molecule has 0 aliphatic carbocycles. The van der Waals surface area contributed by atoms with E-state index >= 15 is 0 Å².